The number of benzene rings is 2. The highest BCUT2D eigenvalue weighted by atomic mass is 32.1. The molecule has 0 aliphatic heterocycles. The van der Waals surface area contributed by atoms with Crippen LogP contribution in [0.3, 0.4) is 0 Å². The third-order valence-electron chi connectivity index (χ3n) is 3.55. The van der Waals surface area contributed by atoms with E-state index in [1.807, 2.05) is 42.5 Å². The molecule has 4 nitrogen and oxygen atoms in total. The molecule has 22 heavy (non-hydrogen) atoms. The fourth-order valence-corrected chi connectivity index (χ4v) is 3.32. The predicted octanol–water partition coefficient (Wildman–Crippen LogP) is 4.13. The molecule has 108 valence electrons. The van der Waals surface area contributed by atoms with Crippen LogP contribution in [0.25, 0.3) is 27.6 Å². The molecule has 0 saturated heterocycles. The quantitative estimate of drug-likeness (QED) is 0.571. The van der Waals surface area contributed by atoms with E-state index in [9.17, 15) is 0 Å². The number of ether oxygens (including phenoxy) is 1. The Hall–Kier alpha value is -2.66. The molecule has 0 fully saturated rings. The van der Waals surface area contributed by atoms with Crippen LogP contribution in [0.2, 0.25) is 0 Å². The van der Waals surface area contributed by atoms with Crippen LogP contribution >= 0.6 is 11.3 Å². The predicted molar refractivity (Wildman–Crippen MR) is 88.3 cm³/mol. The van der Waals surface area contributed by atoms with Gasteiger partial charge in [0, 0.05) is 10.9 Å². The summed E-state index contributed by atoms with van der Waals surface area (Å²) in [6.07, 6.45) is 0. The first kappa shape index (κ1) is 13.0. The van der Waals surface area contributed by atoms with E-state index < -0.39 is 0 Å². The molecule has 0 spiro atoms. The SMILES string of the molecule is COc1cccc(-c2nnc3scc(-c4ccccc4)n23)c1. The Labute approximate surface area is 131 Å². The van der Waals surface area contributed by atoms with E-state index in [0.717, 1.165) is 33.4 Å². The lowest BCUT2D eigenvalue weighted by Crippen LogP contribution is -1.91. The smallest absolute Gasteiger partial charge is 0.216 e. The molecule has 2 aromatic carbocycles. The van der Waals surface area contributed by atoms with Gasteiger partial charge in [-0.2, -0.15) is 0 Å². The van der Waals surface area contributed by atoms with Crippen molar-refractivity contribution in [2.45, 2.75) is 0 Å². The number of hydrogen-bond donors (Lipinski definition) is 0. The number of aromatic nitrogens is 3. The zero-order chi connectivity index (χ0) is 14.9. The van der Waals surface area contributed by atoms with Crippen LogP contribution < -0.4 is 4.74 Å². The molecule has 0 bridgehead atoms. The van der Waals surface area contributed by atoms with Gasteiger partial charge in [0.2, 0.25) is 4.96 Å². The van der Waals surface area contributed by atoms with E-state index in [-0.39, 0.29) is 0 Å². The Balaban J connectivity index is 1.94. The van der Waals surface area contributed by atoms with E-state index in [4.69, 9.17) is 4.74 Å². The molecule has 2 aromatic heterocycles. The lowest BCUT2D eigenvalue weighted by molar-refractivity contribution is 0.415. The second kappa shape index (κ2) is 5.27. The Bertz CT molecular complexity index is 927. The van der Waals surface area contributed by atoms with E-state index in [1.165, 1.54) is 0 Å². The summed E-state index contributed by atoms with van der Waals surface area (Å²) in [5, 5.41) is 10.8. The lowest BCUT2D eigenvalue weighted by atomic mass is 10.1. The third-order valence-corrected chi connectivity index (χ3v) is 4.36. The minimum Gasteiger partial charge on any atom is -0.497 e. The van der Waals surface area contributed by atoms with Crippen LogP contribution in [0.4, 0.5) is 0 Å². The molecule has 2 heterocycles. The summed E-state index contributed by atoms with van der Waals surface area (Å²) >= 11 is 1.59. The molecule has 5 heteroatoms. The van der Waals surface area contributed by atoms with Gasteiger partial charge in [0.05, 0.1) is 12.8 Å². The van der Waals surface area contributed by atoms with Crippen LogP contribution in [0.5, 0.6) is 5.75 Å². The fourth-order valence-electron chi connectivity index (χ4n) is 2.48. The number of thiazole rings is 1. The van der Waals surface area contributed by atoms with Gasteiger partial charge < -0.3 is 4.74 Å². The first-order valence-corrected chi connectivity index (χ1v) is 7.77. The highest BCUT2D eigenvalue weighted by molar-refractivity contribution is 7.15. The second-order valence-corrected chi connectivity index (χ2v) is 5.70. The third kappa shape index (κ3) is 2.07. The van der Waals surface area contributed by atoms with Gasteiger partial charge in [-0.05, 0) is 17.7 Å². The van der Waals surface area contributed by atoms with Crippen molar-refractivity contribution in [2.75, 3.05) is 7.11 Å². The molecule has 0 aliphatic rings. The molecule has 0 radical (unpaired) electrons. The van der Waals surface area contributed by atoms with Crippen molar-refractivity contribution >= 4 is 16.3 Å². The molecule has 4 rings (SSSR count). The Morgan fingerprint density at radius 3 is 2.59 bits per heavy atom. The number of nitrogens with zero attached hydrogens (tertiary/aromatic N) is 3. The van der Waals surface area contributed by atoms with Crippen molar-refractivity contribution in [3.63, 3.8) is 0 Å². The van der Waals surface area contributed by atoms with Gasteiger partial charge in [0.25, 0.3) is 0 Å². The minimum absolute atomic E-state index is 0.811. The van der Waals surface area contributed by atoms with Crippen molar-refractivity contribution in [1.82, 2.24) is 14.6 Å². The maximum absolute atomic E-state index is 5.31. The zero-order valence-electron chi connectivity index (χ0n) is 11.9. The average Bonchev–Trinajstić information content (AvgIpc) is 3.17. The average molecular weight is 307 g/mol. The summed E-state index contributed by atoms with van der Waals surface area (Å²) in [4.78, 5) is 0.886. The van der Waals surface area contributed by atoms with Crippen LogP contribution in [0.15, 0.2) is 60.0 Å². The highest BCUT2D eigenvalue weighted by Gasteiger charge is 2.15. The number of rotatable bonds is 3. The molecule has 0 atom stereocenters. The molecular formula is C17H13N3OS. The fraction of sp³-hybridized carbons (Fsp3) is 0.0588. The van der Waals surface area contributed by atoms with Gasteiger partial charge in [-0.15, -0.1) is 21.5 Å². The molecule has 0 N–H and O–H groups in total. The Morgan fingerprint density at radius 2 is 1.77 bits per heavy atom. The zero-order valence-corrected chi connectivity index (χ0v) is 12.7. The van der Waals surface area contributed by atoms with Crippen molar-refractivity contribution in [3.8, 4) is 28.4 Å². The summed E-state index contributed by atoms with van der Waals surface area (Å²) < 4.78 is 7.40. The largest absolute Gasteiger partial charge is 0.497 e. The summed E-state index contributed by atoms with van der Waals surface area (Å²) in [6.45, 7) is 0. The van der Waals surface area contributed by atoms with Gasteiger partial charge in [-0.25, -0.2) is 0 Å². The Morgan fingerprint density at radius 1 is 0.955 bits per heavy atom. The van der Waals surface area contributed by atoms with Crippen LogP contribution in [0, 0.1) is 0 Å². The van der Waals surface area contributed by atoms with Gasteiger partial charge in [0.15, 0.2) is 5.82 Å². The van der Waals surface area contributed by atoms with Crippen molar-refractivity contribution in [1.29, 1.82) is 0 Å². The number of fused-ring (bicyclic) bond motifs is 1. The van der Waals surface area contributed by atoms with Crippen molar-refractivity contribution in [3.05, 3.63) is 60.0 Å². The van der Waals surface area contributed by atoms with Crippen LogP contribution in [-0.2, 0) is 0 Å². The van der Waals surface area contributed by atoms with Crippen molar-refractivity contribution < 1.29 is 4.74 Å². The molecule has 4 aromatic rings. The minimum atomic E-state index is 0.811. The monoisotopic (exact) mass is 307 g/mol. The summed E-state index contributed by atoms with van der Waals surface area (Å²) in [7, 11) is 1.67. The maximum Gasteiger partial charge on any atom is 0.216 e. The number of methoxy groups -OCH3 is 1. The van der Waals surface area contributed by atoms with E-state index in [1.54, 1.807) is 18.4 Å². The molecular weight excluding hydrogens is 294 g/mol. The maximum atomic E-state index is 5.31. The van der Waals surface area contributed by atoms with Crippen LogP contribution in [0.1, 0.15) is 0 Å². The highest BCUT2D eigenvalue weighted by Crippen LogP contribution is 2.31. The summed E-state index contributed by atoms with van der Waals surface area (Å²) in [5.41, 5.74) is 3.24. The summed E-state index contributed by atoms with van der Waals surface area (Å²) in [5.74, 6) is 1.64. The Kier molecular flexibility index (Phi) is 3.12. The molecule has 0 unspecified atom stereocenters. The van der Waals surface area contributed by atoms with Gasteiger partial charge in [0.1, 0.15) is 5.75 Å². The van der Waals surface area contributed by atoms with E-state index >= 15 is 0 Å². The first-order valence-electron chi connectivity index (χ1n) is 6.89. The van der Waals surface area contributed by atoms with E-state index in [2.05, 4.69) is 32.1 Å². The standard InChI is InChI=1S/C17H13N3OS/c1-21-14-9-5-8-13(10-14)16-18-19-17-20(16)15(11-22-17)12-6-3-2-4-7-12/h2-11H,1H3. The lowest BCUT2D eigenvalue weighted by Gasteiger charge is -2.05. The van der Waals surface area contributed by atoms with Gasteiger partial charge in [-0.3, -0.25) is 4.40 Å². The second-order valence-electron chi connectivity index (χ2n) is 4.86. The number of hydrogen-bond acceptors (Lipinski definition) is 4. The molecule has 0 amide bonds. The van der Waals surface area contributed by atoms with Crippen LogP contribution in [-0.4, -0.2) is 21.7 Å². The molecule has 0 saturated carbocycles. The van der Waals surface area contributed by atoms with Crippen molar-refractivity contribution in [2.24, 2.45) is 0 Å². The van der Waals surface area contributed by atoms with Gasteiger partial charge >= 0.3 is 0 Å². The molecule has 0 aliphatic carbocycles. The normalized spacial score (nSPS) is 11.0. The van der Waals surface area contributed by atoms with Gasteiger partial charge in [-0.1, -0.05) is 42.5 Å². The van der Waals surface area contributed by atoms with E-state index in [0.29, 0.717) is 0 Å². The first-order chi connectivity index (χ1) is 10.9. The summed E-state index contributed by atoms with van der Waals surface area (Å²) in [6, 6.07) is 18.2. The topological polar surface area (TPSA) is 39.4 Å².